The van der Waals surface area contributed by atoms with E-state index in [1.165, 1.54) is 24.3 Å². The molecule has 0 bridgehead atoms. The maximum atomic E-state index is 13.5. The highest BCUT2D eigenvalue weighted by Gasteiger charge is 2.39. The predicted molar refractivity (Wildman–Crippen MR) is 239 cm³/mol. The van der Waals surface area contributed by atoms with Gasteiger partial charge in [-0.05, 0) is 98.5 Å². The summed E-state index contributed by atoms with van der Waals surface area (Å²) >= 11 is 0. The Balaban J connectivity index is 0.000000170. The first kappa shape index (κ1) is 45.3. The van der Waals surface area contributed by atoms with Crippen LogP contribution in [-0.2, 0) is 25.4 Å². The topological polar surface area (TPSA) is 141 Å². The van der Waals surface area contributed by atoms with E-state index in [-0.39, 0.29) is 11.1 Å². The van der Waals surface area contributed by atoms with Crippen LogP contribution in [0, 0.1) is 13.8 Å². The Morgan fingerprint density at radius 2 is 0.956 bits per heavy atom. The highest BCUT2D eigenvalue weighted by molar-refractivity contribution is 5.67. The van der Waals surface area contributed by atoms with Gasteiger partial charge in [0.15, 0.2) is 11.6 Å². The van der Waals surface area contributed by atoms with Gasteiger partial charge in [0.2, 0.25) is 11.8 Å². The van der Waals surface area contributed by atoms with E-state index < -0.39 is 35.3 Å². The summed E-state index contributed by atoms with van der Waals surface area (Å²) < 4.78 is 99.0. The van der Waals surface area contributed by atoms with Crippen LogP contribution in [0.2, 0.25) is 0 Å². The van der Waals surface area contributed by atoms with Crippen LogP contribution in [0.15, 0.2) is 97.8 Å². The molecule has 6 aromatic heterocycles. The molecule has 2 aromatic carbocycles. The zero-order valence-electron chi connectivity index (χ0n) is 37.0. The molecule has 0 fully saturated rings. The van der Waals surface area contributed by atoms with Crippen LogP contribution >= 0.6 is 0 Å². The number of fused-ring (bicyclic) bond motifs is 2. The van der Waals surface area contributed by atoms with Crippen molar-refractivity contribution in [3.8, 4) is 23.1 Å². The van der Waals surface area contributed by atoms with Crippen LogP contribution in [-0.4, -0.2) is 72.8 Å². The Morgan fingerprint density at radius 3 is 1.32 bits per heavy atom. The fourth-order valence-electron chi connectivity index (χ4n) is 8.40. The van der Waals surface area contributed by atoms with Crippen LogP contribution in [0.3, 0.4) is 0 Å². The third-order valence-electron chi connectivity index (χ3n) is 11.5. The number of alkyl halides is 6. The number of halogens is 6. The number of nitrogens with zero attached hydrogens (tertiary/aromatic N) is 12. The summed E-state index contributed by atoms with van der Waals surface area (Å²) in [6.07, 6.45) is 6.23. The second-order valence-electron chi connectivity index (χ2n) is 16.0. The molecule has 348 valence electrons. The largest absolute Gasteiger partial charge is 0.479 e. The fraction of sp³-hybridized carbons (Fsp3) is 0.250. The average molecular weight is 933 g/mol. The molecule has 10 rings (SSSR count). The summed E-state index contributed by atoms with van der Waals surface area (Å²) in [5.74, 6) is 1.86. The Hall–Kier alpha value is -7.90. The SMILES string of the molecule is COc1nc(/C=C/c2nc3n(n2)CC[C@@H]3c2ccccc2C(F)(F)F)ccc1-n1cnc(C)c1.COc1nc(/C=C/c2nc3n(n2)CC[C@H]3c2ccccc2C(F)(F)F)ccc1-n1cnc(C)c1. The van der Waals surface area contributed by atoms with Gasteiger partial charge in [-0.2, -0.15) is 36.5 Å². The van der Waals surface area contributed by atoms with Crippen LogP contribution in [0.25, 0.3) is 35.7 Å². The summed E-state index contributed by atoms with van der Waals surface area (Å²) in [6, 6.07) is 18.7. The van der Waals surface area contributed by atoms with Crippen LogP contribution in [0.4, 0.5) is 26.3 Å². The minimum atomic E-state index is -4.42. The van der Waals surface area contributed by atoms with E-state index in [4.69, 9.17) is 9.47 Å². The quantitative estimate of drug-likeness (QED) is 0.122. The van der Waals surface area contributed by atoms with Crippen molar-refractivity contribution in [1.29, 1.82) is 0 Å². The van der Waals surface area contributed by atoms with Gasteiger partial charge in [-0.25, -0.2) is 39.3 Å². The van der Waals surface area contributed by atoms with Gasteiger partial charge in [0.1, 0.15) is 23.0 Å². The molecule has 0 saturated heterocycles. The van der Waals surface area contributed by atoms with Crippen LogP contribution < -0.4 is 9.47 Å². The Morgan fingerprint density at radius 1 is 0.544 bits per heavy atom. The molecule has 14 nitrogen and oxygen atoms in total. The van der Waals surface area contributed by atoms with E-state index in [0.717, 1.165) is 34.9 Å². The molecule has 0 N–H and O–H groups in total. The summed E-state index contributed by atoms with van der Waals surface area (Å²) in [5.41, 5.74) is 3.73. The number of imidazole rings is 2. The zero-order chi connectivity index (χ0) is 47.7. The molecule has 68 heavy (non-hydrogen) atoms. The minimum absolute atomic E-state index is 0.230. The maximum absolute atomic E-state index is 13.5. The highest BCUT2D eigenvalue weighted by atomic mass is 19.4. The molecule has 0 spiro atoms. The lowest BCUT2D eigenvalue weighted by molar-refractivity contribution is -0.139. The lowest BCUT2D eigenvalue weighted by Crippen LogP contribution is -2.12. The molecule has 0 amide bonds. The number of hydrogen-bond donors (Lipinski definition) is 0. The van der Waals surface area contributed by atoms with Crippen molar-refractivity contribution in [3.05, 3.63) is 166 Å². The molecule has 0 unspecified atom stereocenters. The molecule has 2 aliphatic rings. The number of methoxy groups -OCH3 is 2. The molecule has 0 aliphatic carbocycles. The van der Waals surface area contributed by atoms with Crippen molar-refractivity contribution in [3.63, 3.8) is 0 Å². The average Bonchev–Trinajstić information content (AvgIpc) is 4.20. The number of pyridine rings is 2. The Labute approximate surface area is 385 Å². The summed E-state index contributed by atoms with van der Waals surface area (Å²) in [5, 5.41) is 8.90. The van der Waals surface area contributed by atoms with Gasteiger partial charge < -0.3 is 18.6 Å². The number of benzene rings is 2. The van der Waals surface area contributed by atoms with Crippen molar-refractivity contribution in [2.75, 3.05) is 14.2 Å². The maximum Gasteiger partial charge on any atom is 0.416 e. The van der Waals surface area contributed by atoms with Gasteiger partial charge in [-0.1, -0.05) is 36.4 Å². The third-order valence-corrected chi connectivity index (χ3v) is 11.5. The van der Waals surface area contributed by atoms with Crippen molar-refractivity contribution in [2.45, 2.75) is 64.0 Å². The minimum Gasteiger partial charge on any atom is -0.479 e. The Bertz CT molecular complexity index is 2950. The van der Waals surface area contributed by atoms with Crippen LogP contribution in [0.5, 0.6) is 11.8 Å². The van der Waals surface area contributed by atoms with Gasteiger partial charge in [-0.3, -0.25) is 0 Å². The number of hydrogen-bond acceptors (Lipinski definition) is 10. The Kier molecular flexibility index (Phi) is 12.3. The highest BCUT2D eigenvalue weighted by Crippen LogP contribution is 2.42. The first-order valence-electron chi connectivity index (χ1n) is 21.4. The molecule has 2 atom stereocenters. The number of rotatable bonds is 10. The monoisotopic (exact) mass is 932 g/mol. The summed E-state index contributed by atoms with van der Waals surface area (Å²) in [4.78, 5) is 26.5. The van der Waals surface area contributed by atoms with Gasteiger partial charge in [0.05, 0.1) is 60.8 Å². The van der Waals surface area contributed by atoms with E-state index >= 15 is 0 Å². The van der Waals surface area contributed by atoms with E-state index in [0.29, 0.717) is 72.4 Å². The van der Waals surface area contributed by atoms with Gasteiger partial charge in [0, 0.05) is 37.3 Å². The predicted octanol–water partition coefficient (Wildman–Crippen LogP) is 9.80. The molecule has 8 heterocycles. The van der Waals surface area contributed by atoms with Crippen molar-refractivity contribution >= 4 is 24.3 Å². The van der Waals surface area contributed by atoms with E-state index in [1.54, 1.807) is 72.7 Å². The summed E-state index contributed by atoms with van der Waals surface area (Å²) in [7, 11) is 3.09. The zero-order valence-corrected chi connectivity index (χ0v) is 37.0. The smallest absolute Gasteiger partial charge is 0.416 e. The van der Waals surface area contributed by atoms with Crippen molar-refractivity contribution in [2.24, 2.45) is 0 Å². The van der Waals surface area contributed by atoms with Crippen molar-refractivity contribution in [1.82, 2.24) is 58.6 Å². The van der Waals surface area contributed by atoms with Crippen LogP contribution in [0.1, 0.15) is 93.0 Å². The first-order chi connectivity index (χ1) is 32.7. The fourth-order valence-corrected chi connectivity index (χ4v) is 8.40. The van der Waals surface area contributed by atoms with E-state index in [9.17, 15) is 26.3 Å². The molecular formula is C48H42F6N12O2. The second kappa shape index (κ2) is 18.4. The number of aromatic nitrogens is 12. The first-order valence-corrected chi connectivity index (χ1v) is 21.4. The van der Waals surface area contributed by atoms with Gasteiger partial charge in [-0.15, -0.1) is 0 Å². The van der Waals surface area contributed by atoms with Gasteiger partial charge >= 0.3 is 12.4 Å². The van der Waals surface area contributed by atoms with E-state index in [1.807, 2.05) is 59.6 Å². The lowest BCUT2D eigenvalue weighted by atomic mass is 9.92. The molecular weight excluding hydrogens is 891 g/mol. The normalized spacial score (nSPS) is 15.7. The number of ether oxygens (including phenoxy) is 2. The molecule has 2 aliphatic heterocycles. The second-order valence-corrected chi connectivity index (χ2v) is 16.0. The van der Waals surface area contributed by atoms with Crippen molar-refractivity contribution < 1.29 is 35.8 Å². The molecule has 20 heteroatoms. The van der Waals surface area contributed by atoms with Gasteiger partial charge in [0.25, 0.3) is 0 Å². The lowest BCUT2D eigenvalue weighted by Gasteiger charge is -2.16. The third kappa shape index (κ3) is 9.38. The molecule has 0 radical (unpaired) electrons. The number of aryl methyl sites for hydroxylation is 4. The standard InChI is InChI=1S/2C24H21F3N6O/c2*1-15-13-32(14-28-15)20-9-7-16(29-23(20)34-2)8-10-21-30-22-18(11-12-33(22)31-21)17-5-3-4-6-19(17)24(25,26)27/h2*3-10,13-14,18H,11-12H2,1-2H3/b2*10-8+/t2*18-/m10/s1. The van der Waals surface area contributed by atoms with E-state index in [2.05, 4.69) is 40.1 Å². The molecule has 8 aromatic rings. The molecule has 0 saturated carbocycles. The summed E-state index contributed by atoms with van der Waals surface area (Å²) in [6.45, 7) is 4.82.